The Morgan fingerprint density at radius 1 is 0.395 bits per heavy atom. The van der Waals surface area contributed by atoms with E-state index in [2.05, 4.69) is 119 Å². The van der Waals surface area contributed by atoms with Crippen molar-refractivity contribution in [1.29, 1.82) is 0 Å². The molecule has 7 rings (SSSR count). The van der Waals surface area contributed by atoms with E-state index >= 15 is 0 Å². The van der Waals surface area contributed by atoms with E-state index in [0.717, 1.165) is 38.5 Å². The Hall–Kier alpha value is -4.30. The molecule has 2 aromatic heterocycles. The summed E-state index contributed by atoms with van der Waals surface area (Å²) in [4.78, 5) is 7.52. The number of rotatable bonds is 8. The Labute approximate surface area is 223 Å². The Morgan fingerprint density at radius 3 is 1.26 bits per heavy atom. The lowest BCUT2D eigenvalue weighted by Gasteiger charge is -2.05. The minimum Gasteiger partial charge on any atom is -0.358 e. The first kappa shape index (κ1) is 22.9. The molecule has 0 radical (unpaired) electrons. The molecule has 38 heavy (non-hydrogen) atoms. The molecule has 0 saturated carbocycles. The lowest BCUT2D eigenvalue weighted by molar-refractivity contribution is 0.806. The van der Waals surface area contributed by atoms with Crippen LogP contribution in [-0.4, -0.2) is 9.97 Å². The summed E-state index contributed by atoms with van der Waals surface area (Å²) in [5.74, 6) is 0. The fourth-order valence-corrected chi connectivity index (χ4v) is 5.99. The molecule has 0 spiro atoms. The maximum absolute atomic E-state index is 3.76. The summed E-state index contributed by atoms with van der Waals surface area (Å²) in [5.41, 5.74) is 7.98. The van der Waals surface area contributed by atoms with Gasteiger partial charge in [-0.1, -0.05) is 84.9 Å². The number of H-pyrrole nitrogens is 2. The third-order valence-electron chi connectivity index (χ3n) is 7.96. The van der Waals surface area contributed by atoms with Crippen molar-refractivity contribution in [3.8, 4) is 0 Å². The molecule has 2 heteroatoms. The van der Waals surface area contributed by atoms with Crippen molar-refractivity contribution >= 4 is 43.4 Å². The number of hydrogen-bond donors (Lipinski definition) is 2. The van der Waals surface area contributed by atoms with Crippen molar-refractivity contribution in [3.05, 3.63) is 132 Å². The first-order chi connectivity index (χ1) is 18.8. The zero-order chi connectivity index (χ0) is 25.3. The second-order valence-corrected chi connectivity index (χ2v) is 10.6. The lowest BCUT2D eigenvalue weighted by Crippen LogP contribution is -1.90. The number of aromatic nitrogens is 2. The van der Waals surface area contributed by atoms with Crippen LogP contribution in [0.5, 0.6) is 0 Å². The third kappa shape index (κ3) is 4.48. The maximum atomic E-state index is 3.76. The van der Waals surface area contributed by atoms with Gasteiger partial charge >= 0.3 is 0 Å². The van der Waals surface area contributed by atoms with Crippen LogP contribution < -0.4 is 0 Å². The Bertz CT molecular complexity index is 1720. The van der Waals surface area contributed by atoms with Crippen molar-refractivity contribution in [3.63, 3.8) is 0 Å². The molecular formula is C36H32N2. The average Bonchev–Trinajstić information content (AvgIpc) is 3.57. The highest BCUT2D eigenvalue weighted by Crippen LogP contribution is 2.33. The van der Waals surface area contributed by atoms with Crippen LogP contribution in [0.4, 0.5) is 0 Å². The molecule has 0 amide bonds. The quantitative estimate of drug-likeness (QED) is 0.198. The molecule has 0 unspecified atom stereocenters. The van der Waals surface area contributed by atoms with Crippen LogP contribution >= 0.6 is 0 Å². The van der Waals surface area contributed by atoms with Crippen LogP contribution in [-0.2, 0) is 25.7 Å². The first-order valence-electron chi connectivity index (χ1n) is 13.9. The second kappa shape index (κ2) is 9.87. The largest absolute Gasteiger partial charge is 0.358 e. The topological polar surface area (TPSA) is 31.6 Å². The molecule has 2 N–H and O–H groups in total. The van der Waals surface area contributed by atoms with Gasteiger partial charge in [0.1, 0.15) is 0 Å². The summed E-state index contributed by atoms with van der Waals surface area (Å²) in [6, 6.07) is 40.1. The van der Waals surface area contributed by atoms with E-state index in [-0.39, 0.29) is 0 Å². The van der Waals surface area contributed by atoms with E-state index < -0.39 is 0 Å². The highest BCUT2D eigenvalue weighted by atomic mass is 14.7. The smallest absolute Gasteiger partial charge is 0.0535 e. The van der Waals surface area contributed by atoms with E-state index in [4.69, 9.17) is 0 Å². The molecule has 0 atom stereocenters. The molecule has 0 bridgehead atoms. The van der Waals surface area contributed by atoms with Crippen molar-refractivity contribution in [2.24, 2.45) is 0 Å². The van der Waals surface area contributed by atoms with E-state index in [9.17, 15) is 0 Å². The molecule has 0 fully saturated rings. The molecule has 186 valence electrons. The standard InChI is InChI=1S/C36H32N2/c1-3-9-25(10-4-1)13-7-15-31-21-29-19-17-27-24-34-28(23-33(27)35(29)37-31)18-20-30-22-32(38-36(30)34)16-8-14-26-11-5-2-6-12-26/h1-6,9-12,17-24,37-38H,7-8,13-16H2. The normalized spacial score (nSPS) is 11.8. The van der Waals surface area contributed by atoms with Crippen molar-refractivity contribution in [2.45, 2.75) is 38.5 Å². The maximum Gasteiger partial charge on any atom is 0.0535 e. The fraction of sp³-hybridized carbons (Fsp3) is 0.167. The van der Waals surface area contributed by atoms with E-state index in [0.29, 0.717) is 0 Å². The summed E-state index contributed by atoms with van der Waals surface area (Å²) >= 11 is 0. The van der Waals surface area contributed by atoms with Gasteiger partial charge in [-0.3, -0.25) is 0 Å². The number of aromatic amines is 2. The van der Waals surface area contributed by atoms with Crippen LogP contribution in [0.3, 0.4) is 0 Å². The molecule has 5 aromatic carbocycles. The predicted molar refractivity (Wildman–Crippen MR) is 162 cm³/mol. The summed E-state index contributed by atoms with van der Waals surface area (Å²) in [6.07, 6.45) is 6.65. The SMILES string of the molecule is c1ccc(CCCc2cc3ccc4cc5c(ccc6cc(CCCc7ccccc7)[nH]c65)cc4c3[nH]2)cc1. The molecule has 7 aromatic rings. The number of nitrogens with one attached hydrogen (secondary N) is 2. The zero-order valence-corrected chi connectivity index (χ0v) is 21.6. The minimum absolute atomic E-state index is 1.06. The second-order valence-electron chi connectivity index (χ2n) is 10.6. The van der Waals surface area contributed by atoms with Gasteiger partial charge in [-0.15, -0.1) is 0 Å². The van der Waals surface area contributed by atoms with Crippen molar-refractivity contribution < 1.29 is 0 Å². The first-order valence-corrected chi connectivity index (χ1v) is 13.9. The average molecular weight is 493 g/mol. The van der Waals surface area contributed by atoms with Gasteiger partial charge in [-0.05, 0) is 84.7 Å². The number of aryl methyl sites for hydroxylation is 4. The number of fused-ring (bicyclic) bond motifs is 6. The molecule has 2 heterocycles. The molecule has 0 aliphatic rings. The highest BCUT2D eigenvalue weighted by molar-refractivity contribution is 6.15. The van der Waals surface area contributed by atoms with Gasteiger partial charge in [-0.2, -0.15) is 0 Å². The Balaban J connectivity index is 1.16. The minimum atomic E-state index is 1.06. The van der Waals surface area contributed by atoms with Gasteiger partial charge in [0, 0.05) is 32.9 Å². The zero-order valence-electron chi connectivity index (χ0n) is 21.6. The summed E-state index contributed by atoms with van der Waals surface area (Å²) in [7, 11) is 0. The van der Waals surface area contributed by atoms with E-state index in [1.165, 1.54) is 65.9 Å². The Kier molecular flexibility index (Phi) is 5.94. The van der Waals surface area contributed by atoms with Crippen molar-refractivity contribution in [2.75, 3.05) is 0 Å². The summed E-state index contributed by atoms with van der Waals surface area (Å²) in [5, 5.41) is 7.78. The number of hydrogen-bond acceptors (Lipinski definition) is 0. The van der Waals surface area contributed by atoms with Gasteiger partial charge in [0.15, 0.2) is 0 Å². The van der Waals surface area contributed by atoms with Crippen LogP contribution in [0.15, 0.2) is 109 Å². The Morgan fingerprint density at radius 2 is 0.816 bits per heavy atom. The van der Waals surface area contributed by atoms with Gasteiger partial charge in [-0.25, -0.2) is 0 Å². The molecule has 0 saturated heterocycles. The lowest BCUT2D eigenvalue weighted by atomic mass is 10.0. The third-order valence-corrected chi connectivity index (χ3v) is 7.96. The summed E-state index contributed by atoms with van der Waals surface area (Å²) in [6.45, 7) is 0. The van der Waals surface area contributed by atoms with Crippen LogP contribution in [0.2, 0.25) is 0 Å². The van der Waals surface area contributed by atoms with Gasteiger partial charge in [0.25, 0.3) is 0 Å². The molecule has 2 nitrogen and oxygen atoms in total. The summed E-state index contributed by atoms with van der Waals surface area (Å²) < 4.78 is 0. The van der Waals surface area contributed by atoms with Gasteiger partial charge < -0.3 is 9.97 Å². The molecule has 0 aliphatic carbocycles. The highest BCUT2D eigenvalue weighted by Gasteiger charge is 2.10. The van der Waals surface area contributed by atoms with Crippen LogP contribution in [0.1, 0.15) is 35.4 Å². The predicted octanol–water partition coefficient (Wildman–Crippen LogP) is 9.31. The van der Waals surface area contributed by atoms with E-state index in [1.54, 1.807) is 0 Å². The van der Waals surface area contributed by atoms with Crippen molar-refractivity contribution in [1.82, 2.24) is 9.97 Å². The van der Waals surface area contributed by atoms with Crippen LogP contribution in [0, 0.1) is 0 Å². The molecular weight excluding hydrogens is 460 g/mol. The number of benzene rings is 5. The molecule has 0 aliphatic heterocycles. The van der Waals surface area contributed by atoms with Crippen LogP contribution in [0.25, 0.3) is 43.4 Å². The monoisotopic (exact) mass is 492 g/mol. The van der Waals surface area contributed by atoms with Gasteiger partial charge in [0.05, 0.1) is 11.0 Å². The fourth-order valence-electron chi connectivity index (χ4n) is 5.99. The van der Waals surface area contributed by atoms with E-state index in [1.807, 2.05) is 0 Å². The van der Waals surface area contributed by atoms with Gasteiger partial charge in [0.2, 0.25) is 0 Å².